The molecule has 0 heterocycles. The number of benzene rings is 1. The quantitative estimate of drug-likeness (QED) is 0.690. The molecule has 0 saturated heterocycles. The van der Waals surface area contributed by atoms with Gasteiger partial charge in [-0.1, -0.05) is 26.8 Å². The van der Waals surface area contributed by atoms with Crippen molar-refractivity contribution < 1.29 is 9.13 Å². The summed E-state index contributed by atoms with van der Waals surface area (Å²) >= 11 is 0. The molecule has 20 heavy (non-hydrogen) atoms. The molecule has 0 spiro atoms. The van der Waals surface area contributed by atoms with Crippen LogP contribution >= 0.6 is 0 Å². The fourth-order valence-corrected chi connectivity index (χ4v) is 2.14. The van der Waals surface area contributed by atoms with E-state index in [2.05, 4.69) is 26.1 Å². The Morgan fingerprint density at radius 1 is 1.20 bits per heavy atom. The van der Waals surface area contributed by atoms with Crippen molar-refractivity contribution in [1.29, 1.82) is 0 Å². The summed E-state index contributed by atoms with van der Waals surface area (Å²) in [6.45, 7) is 8.77. The molecule has 1 rings (SSSR count). The summed E-state index contributed by atoms with van der Waals surface area (Å²) in [5.41, 5.74) is 0.785. The predicted molar refractivity (Wildman–Crippen MR) is 82.8 cm³/mol. The van der Waals surface area contributed by atoms with E-state index in [4.69, 9.17) is 4.74 Å². The number of halogens is 1. The molecule has 0 saturated carbocycles. The minimum Gasteiger partial charge on any atom is -0.497 e. The lowest BCUT2D eigenvalue weighted by atomic mass is 9.98. The van der Waals surface area contributed by atoms with Crippen molar-refractivity contribution in [3.05, 3.63) is 29.6 Å². The Balaban J connectivity index is 2.28. The zero-order valence-electron chi connectivity index (χ0n) is 13.2. The average molecular weight is 281 g/mol. The highest BCUT2D eigenvalue weighted by Gasteiger charge is 2.07. The molecule has 1 N–H and O–H groups in total. The van der Waals surface area contributed by atoms with Crippen LogP contribution in [0, 0.1) is 17.7 Å². The van der Waals surface area contributed by atoms with Crippen molar-refractivity contribution >= 4 is 0 Å². The Labute approximate surface area is 122 Å². The number of aryl methyl sites for hydroxylation is 1. The summed E-state index contributed by atoms with van der Waals surface area (Å²) in [6.07, 6.45) is 2.96. The summed E-state index contributed by atoms with van der Waals surface area (Å²) in [5.74, 6) is 1.72. The van der Waals surface area contributed by atoms with Gasteiger partial charge in [-0.3, -0.25) is 0 Å². The van der Waals surface area contributed by atoms with Crippen molar-refractivity contribution in [2.24, 2.45) is 11.8 Å². The third kappa shape index (κ3) is 6.38. The predicted octanol–water partition coefficient (Wildman–Crippen LogP) is 4.04. The van der Waals surface area contributed by atoms with Gasteiger partial charge in [0.05, 0.1) is 7.11 Å². The molecule has 1 atom stereocenters. The first-order valence-electron chi connectivity index (χ1n) is 7.56. The summed E-state index contributed by atoms with van der Waals surface area (Å²) in [7, 11) is 1.56. The lowest BCUT2D eigenvalue weighted by Gasteiger charge is -2.13. The van der Waals surface area contributed by atoms with Gasteiger partial charge in [-0.05, 0) is 55.8 Å². The summed E-state index contributed by atoms with van der Waals surface area (Å²) in [4.78, 5) is 0. The van der Waals surface area contributed by atoms with Crippen molar-refractivity contribution in [3.8, 4) is 5.75 Å². The van der Waals surface area contributed by atoms with Crippen LogP contribution < -0.4 is 10.1 Å². The minimum absolute atomic E-state index is 0.158. The van der Waals surface area contributed by atoms with Gasteiger partial charge in [-0.2, -0.15) is 0 Å². The Bertz CT molecular complexity index is 393. The maximum absolute atomic E-state index is 13.8. The molecule has 0 aliphatic carbocycles. The molecule has 0 bridgehead atoms. The molecule has 114 valence electrons. The minimum atomic E-state index is -0.158. The second kappa shape index (κ2) is 8.96. The molecular weight excluding hydrogens is 253 g/mol. The van der Waals surface area contributed by atoms with Crippen LogP contribution in [-0.2, 0) is 6.42 Å². The molecule has 0 radical (unpaired) electrons. The molecule has 2 nitrogen and oxygen atoms in total. The Morgan fingerprint density at radius 3 is 2.55 bits per heavy atom. The number of hydrogen-bond acceptors (Lipinski definition) is 2. The van der Waals surface area contributed by atoms with E-state index in [9.17, 15) is 4.39 Å². The first kappa shape index (κ1) is 17.0. The molecule has 0 fully saturated rings. The van der Waals surface area contributed by atoms with E-state index < -0.39 is 0 Å². The van der Waals surface area contributed by atoms with Gasteiger partial charge >= 0.3 is 0 Å². The van der Waals surface area contributed by atoms with E-state index in [1.807, 2.05) is 12.1 Å². The molecule has 0 aliphatic heterocycles. The van der Waals surface area contributed by atoms with Crippen molar-refractivity contribution in [3.63, 3.8) is 0 Å². The third-order valence-corrected chi connectivity index (χ3v) is 3.53. The molecule has 1 unspecified atom stereocenters. The molecule has 1 aromatic carbocycles. The van der Waals surface area contributed by atoms with Gasteiger partial charge in [0.25, 0.3) is 0 Å². The summed E-state index contributed by atoms with van der Waals surface area (Å²) in [6, 6.07) is 5.12. The van der Waals surface area contributed by atoms with E-state index in [1.165, 1.54) is 6.07 Å². The second-order valence-corrected chi connectivity index (χ2v) is 5.99. The summed E-state index contributed by atoms with van der Waals surface area (Å²) in [5, 5.41) is 3.45. The van der Waals surface area contributed by atoms with Crippen LogP contribution in [0.4, 0.5) is 4.39 Å². The van der Waals surface area contributed by atoms with Gasteiger partial charge in [0, 0.05) is 6.07 Å². The van der Waals surface area contributed by atoms with Crippen LogP contribution in [0.1, 0.15) is 39.2 Å². The van der Waals surface area contributed by atoms with Gasteiger partial charge < -0.3 is 10.1 Å². The standard InChI is InChI=1S/C17H28FNO/c1-13(2)12-19-10-9-14(3)5-6-15-7-8-16(20-4)11-17(15)18/h7-8,11,13-14,19H,5-6,9-10,12H2,1-4H3. The zero-order valence-corrected chi connectivity index (χ0v) is 13.2. The molecule has 1 aromatic rings. The number of nitrogens with one attached hydrogen (secondary N) is 1. The summed E-state index contributed by atoms with van der Waals surface area (Å²) < 4.78 is 18.8. The number of ether oxygens (including phenoxy) is 1. The van der Waals surface area contributed by atoms with Crippen LogP contribution in [-0.4, -0.2) is 20.2 Å². The maximum Gasteiger partial charge on any atom is 0.130 e. The number of rotatable bonds is 9. The Morgan fingerprint density at radius 2 is 1.95 bits per heavy atom. The van der Waals surface area contributed by atoms with Crippen LogP contribution in [0.3, 0.4) is 0 Å². The van der Waals surface area contributed by atoms with Crippen LogP contribution in [0.5, 0.6) is 5.75 Å². The van der Waals surface area contributed by atoms with E-state index in [0.717, 1.165) is 37.9 Å². The lowest BCUT2D eigenvalue weighted by molar-refractivity contribution is 0.410. The average Bonchev–Trinajstić information content (AvgIpc) is 2.42. The first-order valence-corrected chi connectivity index (χ1v) is 7.56. The third-order valence-electron chi connectivity index (χ3n) is 3.53. The van der Waals surface area contributed by atoms with Crippen molar-refractivity contribution in [1.82, 2.24) is 5.32 Å². The highest BCUT2D eigenvalue weighted by atomic mass is 19.1. The highest BCUT2D eigenvalue weighted by Crippen LogP contribution is 2.19. The van der Waals surface area contributed by atoms with E-state index in [0.29, 0.717) is 17.6 Å². The second-order valence-electron chi connectivity index (χ2n) is 5.99. The van der Waals surface area contributed by atoms with Gasteiger partial charge in [0.15, 0.2) is 0 Å². The van der Waals surface area contributed by atoms with Crippen molar-refractivity contribution in [2.75, 3.05) is 20.2 Å². The van der Waals surface area contributed by atoms with E-state index in [1.54, 1.807) is 7.11 Å². The number of hydrogen-bond donors (Lipinski definition) is 1. The van der Waals surface area contributed by atoms with E-state index in [-0.39, 0.29) is 5.82 Å². The smallest absolute Gasteiger partial charge is 0.130 e. The molecule has 0 aromatic heterocycles. The first-order chi connectivity index (χ1) is 9.52. The zero-order chi connectivity index (χ0) is 15.0. The Hall–Kier alpha value is -1.09. The van der Waals surface area contributed by atoms with Crippen molar-refractivity contribution in [2.45, 2.75) is 40.0 Å². The van der Waals surface area contributed by atoms with Gasteiger partial charge in [0.2, 0.25) is 0 Å². The number of methoxy groups -OCH3 is 1. The van der Waals surface area contributed by atoms with Gasteiger partial charge in [-0.15, -0.1) is 0 Å². The molecule has 0 aliphatic rings. The fourth-order valence-electron chi connectivity index (χ4n) is 2.14. The Kier molecular flexibility index (Phi) is 7.60. The molecule has 0 amide bonds. The largest absolute Gasteiger partial charge is 0.497 e. The maximum atomic E-state index is 13.8. The van der Waals surface area contributed by atoms with Crippen LogP contribution in [0.15, 0.2) is 18.2 Å². The molecule has 3 heteroatoms. The van der Waals surface area contributed by atoms with Gasteiger partial charge in [-0.25, -0.2) is 4.39 Å². The SMILES string of the molecule is COc1ccc(CCC(C)CCNCC(C)C)c(F)c1. The lowest BCUT2D eigenvalue weighted by Crippen LogP contribution is -2.22. The molecular formula is C17H28FNO. The monoisotopic (exact) mass is 281 g/mol. The normalized spacial score (nSPS) is 12.7. The van der Waals surface area contributed by atoms with Gasteiger partial charge in [0.1, 0.15) is 11.6 Å². The van der Waals surface area contributed by atoms with Crippen LogP contribution in [0.25, 0.3) is 0 Å². The van der Waals surface area contributed by atoms with E-state index >= 15 is 0 Å². The fraction of sp³-hybridized carbons (Fsp3) is 0.647. The highest BCUT2D eigenvalue weighted by molar-refractivity contribution is 5.28. The topological polar surface area (TPSA) is 21.3 Å². The van der Waals surface area contributed by atoms with Crippen LogP contribution in [0.2, 0.25) is 0 Å².